The summed E-state index contributed by atoms with van der Waals surface area (Å²) in [5.74, 6) is -0.538. The fraction of sp³-hybridized carbons (Fsp3) is 0.421. The molecule has 1 aromatic heterocycles. The van der Waals surface area contributed by atoms with Crippen LogP contribution in [0, 0.1) is 6.92 Å². The lowest BCUT2D eigenvalue weighted by Crippen LogP contribution is -2.38. The maximum Gasteiger partial charge on any atom is 0.416 e. The molecular weight excluding hydrogens is 391 g/mol. The van der Waals surface area contributed by atoms with Crippen molar-refractivity contribution in [2.75, 3.05) is 13.2 Å². The molecule has 0 fully saturated rings. The average molecular weight is 411 g/mol. The zero-order valence-corrected chi connectivity index (χ0v) is 16.0. The fourth-order valence-electron chi connectivity index (χ4n) is 3.07. The Morgan fingerprint density at radius 1 is 1.14 bits per heavy atom. The van der Waals surface area contributed by atoms with Gasteiger partial charge in [0.2, 0.25) is 0 Å². The van der Waals surface area contributed by atoms with Gasteiger partial charge in [-0.2, -0.15) is 18.3 Å². The predicted molar refractivity (Wildman–Crippen MR) is 95.0 cm³/mol. The van der Waals surface area contributed by atoms with Gasteiger partial charge in [0, 0.05) is 6.54 Å². The predicted octanol–water partition coefficient (Wildman–Crippen LogP) is 3.54. The van der Waals surface area contributed by atoms with Crippen molar-refractivity contribution in [3.8, 4) is 0 Å². The van der Waals surface area contributed by atoms with Gasteiger partial charge in [0.15, 0.2) is 5.69 Å². The summed E-state index contributed by atoms with van der Waals surface area (Å²) in [4.78, 5) is 25.5. The second kappa shape index (κ2) is 8.14. The zero-order chi connectivity index (χ0) is 21.2. The summed E-state index contributed by atoms with van der Waals surface area (Å²) in [6.07, 6.45) is -5.11. The molecular formula is C19H20F3N3O4. The van der Waals surface area contributed by atoms with Gasteiger partial charge < -0.3 is 14.4 Å². The van der Waals surface area contributed by atoms with Crippen LogP contribution in [0.2, 0.25) is 0 Å². The highest BCUT2D eigenvalue weighted by atomic mass is 19.4. The third-order valence-corrected chi connectivity index (χ3v) is 4.37. The Morgan fingerprint density at radius 3 is 2.59 bits per heavy atom. The smallest absolute Gasteiger partial charge is 0.416 e. The standard InChI is InChI=1S/C19H20F3N3O4/c1-3-28-17(26)16-9-15-10-24(4-5-25(15)23-16)18(27)29-11-13-6-12(2)7-14(8-13)19(20,21)22/h6-9H,3-5,10-11H2,1-2H3. The van der Waals surface area contributed by atoms with E-state index in [-0.39, 0.29) is 31.0 Å². The number of ether oxygens (including phenoxy) is 2. The minimum absolute atomic E-state index is 0.163. The van der Waals surface area contributed by atoms with E-state index in [4.69, 9.17) is 9.47 Å². The van der Waals surface area contributed by atoms with Gasteiger partial charge >= 0.3 is 18.2 Å². The number of nitrogens with zero attached hydrogens (tertiary/aromatic N) is 3. The van der Waals surface area contributed by atoms with E-state index < -0.39 is 23.8 Å². The lowest BCUT2D eigenvalue weighted by Gasteiger charge is -2.26. The van der Waals surface area contributed by atoms with Gasteiger partial charge in [0.05, 0.1) is 31.0 Å². The first-order valence-corrected chi connectivity index (χ1v) is 9.00. The molecule has 0 N–H and O–H groups in total. The summed E-state index contributed by atoms with van der Waals surface area (Å²) in [5.41, 5.74) is 0.719. The molecule has 10 heteroatoms. The van der Waals surface area contributed by atoms with Crippen LogP contribution in [-0.2, 0) is 35.3 Å². The van der Waals surface area contributed by atoms with E-state index in [0.717, 1.165) is 12.1 Å². The highest BCUT2D eigenvalue weighted by Crippen LogP contribution is 2.30. The first-order valence-electron chi connectivity index (χ1n) is 9.00. The second-order valence-corrected chi connectivity index (χ2v) is 6.65. The van der Waals surface area contributed by atoms with Crippen molar-refractivity contribution < 1.29 is 32.2 Å². The van der Waals surface area contributed by atoms with Crippen molar-refractivity contribution in [3.05, 3.63) is 52.3 Å². The Bertz CT molecular complexity index is 924. The second-order valence-electron chi connectivity index (χ2n) is 6.65. The minimum Gasteiger partial charge on any atom is -0.461 e. The molecule has 0 atom stereocenters. The molecule has 1 aliphatic heterocycles. The first kappa shape index (κ1) is 20.7. The van der Waals surface area contributed by atoms with E-state index >= 15 is 0 Å². The van der Waals surface area contributed by atoms with Crippen molar-refractivity contribution in [1.82, 2.24) is 14.7 Å². The van der Waals surface area contributed by atoms with Crippen molar-refractivity contribution >= 4 is 12.1 Å². The lowest BCUT2D eigenvalue weighted by atomic mass is 10.1. The number of fused-ring (bicyclic) bond motifs is 1. The quantitative estimate of drug-likeness (QED) is 0.720. The van der Waals surface area contributed by atoms with Crippen molar-refractivity contribution in [2.24, 2.45) is 0 Å². The molecule has 3 rings (SSSR count). The molecule has 29 heavy (non-hydrogen) atoms. The van der Waals surface area contributed by atoms with Gasteiger partial charge in [-0.05, 0) is 37.6 Å². The van der Waals surface area contributed by atoms with E-state index in [1.807, 2.05) is 0 Å². The van der Waals surface area contributed by atoms with E-state index in [0.29, 0.717) is 24.3 Å². The van der Waals surface area contributed by atoms with Gasteiger partial charge in [0.25, 0.3) is 0 Å². The Morgan fingerprint density at radius 2 is 1.90 bits per heavy atom. The molecule has 7 nitrogen and oxygen atoms in total. The third-order valence-electron chi connectivity index (χ3n) is 4.37. The number of benzene rings is 1. The average Bonchev–Trinajstić information content (AvgIpc) is 3.08. The molecule has 2 heterocycles. The number of carbonyl (C=O) groups is 2. The van der Waals surface area contributed by atoms with Gasteiger partial charge in [-0.3, -0.25) is 4.68 Å². The summed E-state index contributed by atoms with van der Waals surface area (Å²) in [6.45, 7) is 4.05. The number of esters is 1. The van der Waals surface area contributed by atoms with Crippen LogP contribution in [0.3, 0.4) is 0 Å². The summed E-state index contributed by atoms with van der Waals surface area (Å²) in [7, 11) is 0. The van der Waals surface area contributed by atoms with E-state index in [2.05, 4.69) is 5.10 Å². The molecule has 0 bridgehead atoms. The molecule has 2 aromatic rings. The van der Waals surface area contributed by atoms with Crippen LogP contribution < -0.4 is 0 Å². The van der Waals surface area contributed by atoms with Crippen LogP contribution in [0.1, 0.15) is 39.8 Å². The molecule has 1 aliphatic rings. The van der Waals surface area contributed by atoms with Crippen LogP contribution in [0.25, 0.3) is 0 Å². The van der Waals surface area contributed by atoms with E-state index in [1.54, 1.807) is 30.7 Å². The lowest BCUT2D eigenvalue weighted by molar-refractivity contribution is -0.137. The Labute approximate surface area is 165 Å². The monoisotopic (exact) mass is 411 g/mol. The third kappa shape index (κ3) is 4.87. The van der Waals surface area contributed by atoms with Crippen molar-refractivity contribution in [2.45, 2.75) is 39.7 Å². The van der Waals surface area contributed by atoms with Crippen LogP contribution in [-0.4, -0.2) is 39.9 Å². The maximum atomic E-state index is 12.9. The number of rotatable bonds is 4. The minimum atomic E-state index is -4.47. The Hall–Kier alpha value is -3.04. The number of alkyl halides is 3. The summed E-state index contributed by atoms with van der Waals surface area (Å²) in [5, 5.41) is 4.16. The largest absolute Gasteiger partial charge is 0.461 e. The number of halogens is 3. The first-order chi connectivity index (χ1) is 13.7. The van der Waals surface area contributed by atoms with Crippen molar-refractivity contribution in [1.29, 1.82) is 0 Å². The molecule has 1 amide bonds. The maximum absolute atomic E-state index is 12.9. The van der Waals surface area contributed by atoms with Crippen LogP contribution >= 0.6 is 0 Å². The SMILES string of the molecule is CCOC(=O)c1cc2n(n1)CCN(C(=O)OCc1cc(C)cc(C(F)(F)F)c1)C2. The van der Waals surface area contributed by atoms with Crippen LogP contribution in [0.5, 0.6) is 0 Å². The summed E-state index contributed by atoms with van der Waals surface area (Å²) in [6, 6.07) is 5.10. The van der Waals surface area contributed by atoms with E-state index in [9.17, 15) is 22.8 Å². The molecule has 1 aromatic carbocycles. The number of amides is 1. The molecule has 0 unspecified atom stereocenters. The topological polar surface area (TPSA) is 73.7 Å². The van der Waals surface area contributed by atoms with Crippen molar-refractivity contribution in [3.63, 3.8) is 0 Å². The molecule has 0 aliphatic carbocycles. The normalized spacial score (nSPS) is 13.8. The van der Waals surface area contributed by atoms with Gasteiger partial charge in [-0.25, -0.2) is 9.59 Å². The molecule has 0 saturated carbocycles. The fourth-order valence-corrected chi connectivity index (χ4v) is 3.07. The summed E-state index contributed by atoms with van der Waals surface area (Å²) < 4.78 is 50.5. The summed E-state index contributed by atoms with van der Waals surface area (Å²) >= 11 is 0. The molecule has 0 radical (unpaired) electrons. The highest BCUT2D eigenvalue weighted by molar-refractivity contribution is 5.87. The van der Waals surface area contributed by atoms with Crippen LogP contribution in [0.4, 0.5) is 18.0 Å². The Kier molecular flexibility index (Phi) is 5.81. The number of carbonyl (C=O) groups excluding carboxylic acids is 2. The highest BCUT2D eigenvalue weighted by Gasteiger charge is 2.31. The zero-order valence-electron chi connectivity index (χ0n) is 16.0. The van der Waals surface area contributed by atoms with E-state index in [1.165, 1.54) is 4.90 Å². The van der Waals surface area contributed by atoms with Gasteiger partial charge in [-0.15, -0.1) is 0 Å². The molecule has 156 valence electrons. The number of hydrogen-bond acceptors (Lipinski definition) is 5. The Balaban J connectivity index is 1.63. The van der Waals surface area contributed by atoms with Gasteiger partial charge in [0.1, 0.15) is 6.61 Å². The molecule has 0 saturated heterocycles. The molecule has 0 spiro atoms. The number of aryl methyl sites for hydroxylation is 1. The number of hydrogen-bond donors (Lipinski definition) is 0. The number of aromatic nitrogens is 2. The van der Waals surface area contributed by atoms with Gasteiger partial charge in [-0.1, -0.05) is 11.6 Å². The van der Waals surface area contributed by atoms with Crippen LogP contribution in [0.15, 0.2) is 24.3 Å².